The number of hydrogen-bond donors (Lipinski definition) is 0. The van der Waals surface area contributed by atoms with Crippen LogP contribution >= 0.6 is 0 Å². The first-order chi connectivity index (χ1) is 12.3. The van der Waals surface area contributed by atoms with Crippen LogP contribution in [0.5, 0.6) is 5.75 Å². The van der Waals surface area contributed by atoms with Gasteiger partial charge in [0, 0.05) is 19.8 Å². The summed E-state index contributed by atoms with van der Waals surface area (Å²) in [5.74, 6) is 1.58. The van der Waals surface area contributed by atoms with Gasteiger partial charge in [-0.1, -0.05) is 12.1 Å². The number of halogens is 3. The molecule has 0 atom stereocenters. The van der Waals surface area contributed by atoms with Crippen molar-refractivity contribution in [3.63, 3.8) is 0 Å². The van der Waals surface area contributed by atoms with Crippen molar-refractivity contribution < 1.29 is 17.9 Å². The minimum absolute atomic E-state index is 0.169. The average Bonchev–Trinajstić information content (AvgIpc) is 2.95. The predicted molar refractivity (Wildman–Crippen MR) is 94.6 cm³/mol. The molecule has 0 aliphatic heterocycles. The molecule has 0 unspecified atom stereocenters. The zero-order valence-electron chi connectivity index (χ0n) is 14.8. The molecule has 0 aliphatic rings. The SMILES string of the molecule is CCN(C)c1c(C)nc2c(OCc3ccc(C(F)(F)F)cc3)cccn12. The molecule has 138 valence electrons. The number of fused-ring (bicyclic) bond motifs is 1. The van der Waals surface area contributed by atoms with Crippen LogP contribution in [0, 0.1) is 6.92 Å². The standard InChI is InChI=1S/C19H20F3N3O/c1-4-24(3)18-13(2)23-17-16(6-5-11-25(17)18)26-12-14-7-9-15(10-8-14)19(20,21)22/h5-11H,4,12H2,1-3H3. The molecule has 26 heavy (non-hydrogen) atoms. The second-order valence-corrected chi connectivity index (χ2v) is 6.08. The zero-order chi connectivity index (χ0) is 18.9. The van der Waals surface area contributed by atoms with Crippen LogP contribution in [0.4, 0.5) is 19.0 Å². The highest BCUT2D eigenvalue weighted by Gasteiger charge is 2.29. The maximum absolute atomic E-state index is 12.6. The molecule has 0 bridgehead atoms. The Morgan fingerprint density at radius 1 is 1.15 bits per heavy atom. The van der Waals surface area contributed by atoms with Gasteiger partial charge in [-0.3, -0.25) is 4.40 Å². The third kappa shape index (κ3) is 3.47. The van der Waals surface area contributed by atoms with Crippen molar-refractivity contribution in [3.05, 3.63) is 59.4 Å². The Bertz CT molecular complexity index is 901. The number of anilines is 1. The molecule has 2 aromatic heterocycles. The van der Waals surface area contributed by atoms with Crippen molar-refractivity contribution in [2.75, 3.05) is 18.5 Å². The Labute approximate surface area is 149 Å². The Kier molecular flexibility index (Phi) is 4.80. The molecule has 7 heteroatoms. The maximum Gasteiger partial charge on any atom is 0.416 e. The van der Waals surface area contributed by atoms with E-state index in [9.17, 15) is 13.2 Å². The zero-order valence-corrected chi connectivity index (χ0v) is 14.8. The molecule has 0 N–H and O–H groups in total. The highest BCUT2D eigenvalue weighted by Crippen LogP contribution is 2.30. The number of imidazole rings is 1. The highest BCUT2D eigenvalue weighted by molar-refractivity contribution is 5.63. The number of benzene rings is 1. The fourth-order valence-corrected chi connectivity index (χ4v) is 2.82. The molecule has 0 amide bonds. The number of nitrogens with zero attached hydrogens (tertiary/aromatic N) is 3. The van der Waals surface area contributed by atoms with Gasteiger partial charge in [0.2, 0.25) is 0 Å². The summed E-state index contributed by atoms with van der Waals surface area (Å²) < 4.78 is 45.7. The number of pyridine rings is 1. The van der Waals surface area contributed by atoms with E-state index >= 15 is 0 Å². The lowest BCUT2D eigenvalue weighted by Gasteiger charge is -2.17. The largest absolute Gasteiger partial charge is 0.485 e. The average molecular weight is 363 g/mol. The molecular weight excluding hydrogens is 343 g/mol. The number of ether oxygens (including phenoxy) is 1. The molecule has 0 aliphatic carbocycles. The van der Waals surface area contributed by atoms with Gasteiger partial charge < -0.3 is 9.64 Å². The normalized spacial score (nSPS) is 11.8. The summed E-state index contributed by atoms with van der Waals surface area (Å²) in [5, 5.41) is 0. The van der Waals surface area contributed by atoms with E-state index in [4.69, 9.17) is 4.74 Å². The Balaban J connectivity index is 1.83. The van der Waals surface area contributed by atoms with E-state index in [-0.39, 0.29) is 6.61 Å². The van der Waals surface area contributed by atoms with Crippen molar-refractivity contribution in [2.45, 2.75) is 26.6 Å². The van der Waals surface area contributed by atoms with Crippen LogP contribution in [0.15, 0.2) is 42.6 Å². The monoisotopic (exact) mass is 363 g/mol. The number of hydrogen-bond acceptors (Lipinski definition) is 3. The fourth-order valence-electron chi connectivity index (χ4n) is 2.82. The second-order valence-electron chi connectivity index (χ2n) is 6.08. The first kappa shape index (κ1) is 18.1. The van der Waals surface area contributed by atoms with E-state index in [0.717, 1.165) is 30.2 Å². The van der Waals surface area contributed by atoms with Gasteiger partial charge in [-0.2, -0.15) is 13.2 Å². The van der Waals surface area contributed by atoms with Crippen LogP contribution in [-0.4, -0.2) is 23.0 Å². The molecule has 3 rings (SSSR count). The second kappa shape index (κ2) is 6.90. The van der Waals surface area contributed by atoms with Gasteiger partial charge >= 0.3 is 6.18 Å². The van der Waals surface area contributed by atoms with Gasteiger partial charge in [-0.15, -0.1) is 0 Å². The Morgan fingerprint density at radius 3 is 2.46 bits per heavy atom. The molecule has 0 saturated carbocycles. The van der Waals surface area contributed by atoms with Crippen LogP contribution < -0.4 is 9.64 Å². The molecule has 1 aromatic carbocycles. The molecule has 0 radical (unpaired) electrons. The summed E-state index contributed by atoms with van der Waals surface area (Å²) in [6.07, 6.45) is -2.41. The molecule has 0 saturated heterocycles. The predicted octanol–water partition coefficient (Wildman–Crippen LogP) is 4.70. The van der Waals surface area contributed by atoms with Crippen molar-refractivity contribution in [1.82, 2.24) is 9.38 Å². The minimum atomic E-state index is -4.33. The molecule has 4 nitrogen and oxygen atoms in total. The van der Waals surface area contributed by atoms with Crippen molar-refractivity contribution in [3.8, 4) is 5.75 Å². The summed E-state index contributed by atoms with van der Waals surface area (Å²) in [4.78, 5) is 6.68. The van der Waals surface area contributed by atoms with Crippen LogP contribution in [0.2, 0.25) is 0 Å². The number of rotatable bonds is 5. The Hall–Kier alpha value is -2.70. The van der Waals surface area contributed by atoms with E-state index in [2.05, 4.69) is 16.8 Å². The lowest BCUT2D eigenvalue weighted by molar-refractivity contribution is -0.137. The van der Waals surface area contributed by atoms with E-state index in [1.165, 1.54) is 12.1 Å². The van der Waals surface area contributed by atoms with Crippen LogP contribution in [0.25, 0.3) is 5.65 Å². The fraction of sp³-hybridized carbons (Fsp3) is 0.316. The van der Waals surface area contributed by atoms with Gasteiger partial charge in [-0.25, -0.2) is 4.98 Å². The smallest absolute Gasteiger partial charge is 0.416 e. The molecule has 0 fully saturated rings. The summed E-state index contributed by atoms with van der Waals surface area (Å²) >= 11 is 0. The Morgan fingerprint density at radius 2 is 1.85 bits per heavy atom. The highest BCUT2D eigenvalue weighted by atomic mass is 19.4. The van der Waals surface area contributed by atoms with Crippen LogP contribution in [0.1, 0.15) is 23.7 Å². The van der Waals surface area contributed by atoms with Gasteiger partial charge in [0.25, 0.3) is 0 Å². The molecular formula is C19H20F3N3O. The third-order valence-corrected chi connectivity index (χ3v) is 4.27. The number of alkyl halides is 3. The first-order valence-corrected chi connectivity index (χ1v) is 8.29. The number of aromatic nitrogens is 2. The van der Waals surface area contributed by atoms with E-state index in [1.807, 2.05) is 36.7 Å². The quantitative estimate of drug-likeness (QED) is 0.658. The van der Waals surface area contributed by atoms with Crippen molar-refractivity contribution in [1.29, 1.82) is 0 Å². The topological polar surface area (TPSA) is 29.8 Å². The lowest BCUT2D eigenvalue weighted by atomic mass is 10.1. The first-order valence-electron chi connectivity index (χ1n) is 8.29. The maximum atomic E-state index is 12.6. The summed E-state index contributed by atoms with van der Waals surface area (Å²) in [6, 6.07) is 8.65. The van der Waals surface area contributed by atoms with Gasteiger partial charge in [-0.05, 0) is 43.7 Å². The minimum Gasteiger partial charge on any atom is -0.485 e. The molecule has 0 spiro atoms. The van der Waals surface area contributed by atoms with Crippen molar-refractivity contribution >= 4 is 11.5 Å². The van der Waals surface area contributed by atoms with E-state index in [1.54, 1.807) is 0 Å². The van der Waals surface area contributed by atoms with Gasteiger partial charge in [0.1, 0.15) is 12.4 Å². The van der Waals surface area contributed by atoms with Gasteiger partial charge in [0.15, 0.2) is 11.4 Å². The van der Waals surface area contributed by atoms with Crippen LogP contribution in [-0.2, 0) is 12.8 Å². The number of aryl methyl sites for hydroxylation is 1. The third-order valence-electron chi connectivity index (χ3n) is 4.27. The summed E-state index contributed by atoms with van der Waals surface area (Å²) in [7, 11) is 1.99. The lowest BCUT2D eigenvalue weighted by Crippen LogP contribution is -2.18. The summed E-state index contributed by atoms with van der Waals surface area (Å²) in [6.45, 7) is 5.01. The van der Waals surface area contributed by atoms with E-state index in [0.29, 0.717) is 17.0 Å². The van der Waals surface area contributed by atoms with Crippen LogP contribution in [0.3, 0.4) is 0 Å². The van der Waals surface area contributed by atoms with Crippen molar-refractivity contribution in [2.24, 2.45) is 0 Å². The molecule has 2 heterocycles. The molecule has 3 aromatic rings. The summed E-state index contributed by atoms with van der Waals surface area (Å²) in [5.41, 5.74) is 1.57. The van der Waals surface area contributed by atoms with E-state index < -0.39 is 11.7 Å². The van der Waals surface area contributed by atoms with Gasteiger partial charge in [0.05, 0.1) is 11.3 Å².